The van der Waals surface area contributed by atoms with E-state index in [1.165, 1.54) is 0 Å². The van der Waals surface area contributed by atoms with Gasteiger partial charge in [0.2, 0.25) is 0 Å². The third-order valence-corrected chi connectivity index (χ3v) is 3.82. The Morgan fingerprint density at radius 2 is 1.65 bits per heavy atom. The zero-order valence-corrected chi connectivity index (χ0v) is 13.7. The summed E-state index contributed by atoms with van der Waals surface area (Å²) in [6.45, 7) is 0. The summed E-state index contributed by atoms with van der Waals surface area (Å²) in [4.78, 5) is 6.19. The molecule has 5 heteroatoms. The van der Waals surface area contributed by atoms with Crippen LogP contribution in [0.1, 0.15) is 5.56 Å². The first-order valence-electron chi connectivity index (χ1n) is 6.95. The maximum atomic E-state index is 8.98. The fourth-order valence-electron chi connectivity index (χ4n) is 2.31. The van der Waals surface area contributed by atoms with Crippen LogP contribution in [0.25, 0.3) is 0 Å². The minimum absolute atomic E-state index is 0.571. The number of nitriles is 1. The molecule has 0 saturated heterocycles. The van der Waals surface area contributed by atoms with E-state index in [2.05, 4.69) is 27.0 Å². The Kier molecular flexibility index (Phi) is 4.26. The number of anilines is 4. The lowest BCUT2D eigenvalue weighted by atomic mass is 10.1. The summed E-state index contributed by atoms with van der Waals surface area (Å²) in [5, 5.41) is 8.98. The number of hydrogen-bond acceptors (Lipinski definition) is 4. The predicted molar refractivity (Wildman–Crippen MR) is 95.7 cm³/mol. The Morgan fingerprint density at radius 3 is 2.30 bits per heavy atom. The maximum Gasteiger partial charge on any atom is 0.108 e. The van der Waals surface area contributed by atoms with Gasteiger partial charge in [0.25, 0.3) is 0 Å². The van der Waals surface area contributed by atoms with Crippen LogP contribution in [-0.2, 0) is 0 Å². The van der Waals surface area contributed by atoms with E-state index in [1.54, 1.807) is 18.3 Å². The average Bonchev–Trinajstić information content (AvgIpc) is 2.60. The van der Waals surface area contributed by atoms with Gasteiger partial charge in [-0.1, -0.05) is 18.2 Å². The number of rotatable bonds is 3. The largest absolute Gasteiger partial charge is 0.396 e. The lowest BCUT2D eigenvalue weighted by Gasteiger charge is -2.26. The lowest BCUT2D eigenvalue weighted by molar-refractivity contribution is 1.22. The Morgan fingerprint density at radius 1 is 1.00 bits per heavy atom. The Hall–Kier alpha value is -2.84. The minimum atomic E-state index is 0.571. The average molecular weight is 365 g/mol. The van der Waals surface area contributed by atoms with Crippen LogP contribution in [0.2, 0.25) is 0 Å². The highest BCUT2D eigenvalue weighted by Crippen LogP contribution is 2.38. The summed E-state index contributed by atoms with van der Waals surface area (Å²) in [7, 11) is 0. The van der Waals surface area contributed by atoms with Crippen molar-refractivity contribution in [2.75, 3.05) is 10.6 Å². The number of hydrogen-bond donors (Lipinski definition) is 1. The van der Waals surface area contributed by atoms with E-state index in [9.17, 15) is 0 Å². The molecule has 112 valence electrons. The quantitative estimate of drug-likeness (QED) is 0.679. The lowest BCUT2D eigenvalue weighted by Crippen LogP contribution is -2.12. The standard InChI is InChI=1S/C18H13BrN4/c19-18-10-17(16(21)12-22-18)23(14-4-2-1-3-5-14)15-8-6-13(11-20)7-9-15/h1-10,12H,21H2. The van der Waals surface area contributed by atoms with Crippen LogP contribution in [-0.4, -0.2) is 4.98 Å². The molecule has 0 radical (unpaired) electrons. The molecule has 3 aromatic rings. The van der Waals surface area contributed by atoms with Gasteiger partial charge in [0.05, 0.1) is 29.2 Å². The van der Waals surface area contributed by atoms with Crippen LogP contribution in [0.15, 0.2) is 71.5 Å². The van der Waals surface area contributed by atoms with Crippen molar-refractivity contribution >= 4 is 38.7 Å². The molecule has 0 atom stereocenters. The molecule has 0 aliphatic rings. The second-order valence-electron chi connectivity index (χ2n) is 4.90. The number of nitrogens with two attached hydrogens (primary N) is 1. The van der Waals surface area contributed by atoms with Crippen LogP contribution in [0.5, 0.6) is 0 Å². The van der Waals surface area contributed by atoms with E-state index in [0.717, 1.165) is 17.1 Å². The highest BCUT2D eigenvalue weighted by molar-refractivity contribution is 9.10. The summed E-state index contributed by atoms with van der Waals surface area (Å²) in [6.07, 6.45) is 1.62. The molecular weight excluding hydrogens is 352 g/mol. The van der Waals surface area contributed by atoms with Crippen LogP contribution in [0.3, 0.4) is 0 Å². The van der Waals surface area contributed by atoms with E-state index in [0.29, 0.717) is 15.9 Å². The SMILES string of the molecule is N#Cc1ccc(N(c2ccccc2)c2cc(Br)ncc2N)cc1. The fourth-order valence-corrected chi connectivity index (χ4v) is 2.63. The minimum Gasteiger partial charge on any atom is -0.396 e. The van der Waals surface area contributed by atoms with Crippen molar-refractivity contribution in [3.05, 3.63) is 77.0 Å². The zero-order chi connectivity index (χ0) is 16.2. The van der Waals surface area contributed by atoms with Gasteiger partial charge in [-0.2, -0.15) is 5.26 Å². The van der Waals surface area contributed by atoms with Crippen LogP contribution >= 0.6 is 15.9 Å². The van der Waals surface area contributed by atoms with Crippen LogP contribution in [0.4, 0.5) is 22.7 Å². The molecule has 23 heavy (non-hydrogen) atoms. The number of halogens is 1. The number of benzene rings is 2. The van der Waals surface area contributed by atoms with Crippen molar-refractivity contribution in [2.24, 2.45) is 0 Å². The summed E-state index contributed by atoms with van der Waals surface area (Å²) in [5.41, 5.74) is 10.0. The normalized spacial score (nSPS) is 10.1. The van der Waals surface area contributed by atoms with Crippen molar-refractivity contribution in [1.82, 2.24) is 4.98 Å². The highest BCUT2D eigenvalue weighted by Gasteiger charge is 2.15. The molecule has 0 spiro atoms. The van der Waals surface area contributed by atoms with Crippen molar-refractivity contribution in [2.45, 2.75) is 0 Å². The molecule has 2 aromatic carbocycles. The first-order valence-corrected chi connectivity index (χ1v) is 7.74. The molecule has 0 fully saturated rings. The summed E-state index contributed by atoms with van der Waals surface area (Å²) in [5.74, 6) is 0. The topological polar surface area (TPSA) is 65.9 Å². The molecule has 0 saturated carbocycles. The van der Waals surface area contributed by atoms with E-state index >= 15 is 0 Å². The van der Waals surface area contributed by atoms with Crippen molar-refractivity contribution in [1.29, 1.82) is 5.26 Å². The van der Waals surface area contributed by atoms with E-state index < -0.39 is 0 Å². The highest BCUT2D eigenvalue weighted by atomic mass is 79.9. The number of pyridine rings is 1. The van der Waals surface area contributed by atoms with Crippen LogP contribution < -0.4 is 10.6 Å². The van der Waals surface area contributed by atoms with Gasteiger partial charge in [-0.3, -0.25) is 0 Å². The molecule has 1 heterocycles. The van der Waals surface area contributed by atoms with Crippen molar-refractivity contribution in [3.8, 4) is 6.07 Å². The van der Waals surface area contributed by atoms with E-state index in [-0.39, 0.29) is 0 Å². The maximum absolute atomic E-state index is 8.98. The van der Waals surface area contributed by atoms with Gasteiger partial charge in [0.15, 0.2) is 0 Å². The van der Waals surface area contributed by atoms with Gasteiger partial charge in [-0.25, -0.2) is 4.98 Å². The molecule has 1 aromatic heterocycles. The number of nitrogen functional groups attached to an aromatic ring is 1. The Bertz CT molecular complexity index is 854. The number of nitrogens with zero attached hydrogens (tertiary/aromatic N) is 3. The van der Waals surface area contributed by atoms with Crippen LogP contribution in [0, 0.1) is 11.3 Å². The van der Waals surface area contributed by atoms with E-state index in [1.807, 2.05) is 53.4 Å². The second kappa shape index (κ2) is 6.51. The zero-order valence-electron chi connectivity index (χ0n) is 12.1. The molecule has 3 rings (SSSR count). The Labute approximate surface area is 142 Å². The van der Waals surface area contributed by atoms with Gasteiger partial charge < -0.3 is 10.6 Å². The van der Waals surface area contributed by atoms with Gasteiger partial charge >= 0.3 is 0 Å². The Balaban J connectivity index is 2.18. The van der Waals surface area contributed by atoms with Gasteiger partial charge in [-0.15, -0.1) is 0 Å². The monoisotopic (exact) mass is 364 g/mol. The van der Waals surface area contributed by atoms with Gasteiger partial charge in [0, 0.05) is 11.4 Å². The molecule has 2 N–H and O–H groups in total. The first kappa shape index (κ1) is 15.1. The predicted octanol–water partition coefficient (Wildman–Crippen LogP) is 4.77. The molecular formula is C18H13BrN4. The van der Waals surface area contributed by atoms with Crippen molar-refractivity contribution in [3.63, 3.8) is 0 Å². The first-order chi connectivity index (χ1) is 11.2. The number of aromatic nitrogens is 1. The van der Waals surface area contributed by atoms with Gasteiger partial charge in [-0.05, 0) is 58.4 Å². The molecule has 0 aliphatic carbocycles. The molecule has 0 bridgehead atoms. The molecule has 0 amide bonds. The summed E-state index contributed by atoms with van der Waals surface area (Å²) >= 11 is 3.40. The third-order valence-electron chi connectivity index (χ3n) is 3.39. The molecule has 4 nitrogen and oxygen atoms in total. The summed E-state index contributed by atoms with van der Waals surface area (Å²) in [6, 6.07) is 21.3. The number of para-hydroxylation sites is 1. The third kappa shape index (κ3) is 3.17. The van der Waals surface area contributed by atoms with Crippen molar-refractivity contribution < 1.29 is 0 Å². The molecule has 0 unspecified atom stereocenters. The molecule has 0 aliphatic heterocycles. The van der Waals surface area contributed by atoms with Gasteiger partial charge in [0.1, 0.15) is 4.60 Å². The smallest absolute Gasteiger partial charge is 0.108 e. The fraction of sp³-hybridized carbons (Fsp3) is 0. The summed E-state index contributed by atoms with van der Waals surface area (Å²) < 4.78 is 0.705. The van der Waals surface area contributed by atoms with E-state index in [4.69, 9.17) is 11.0 Å². The second-order valence-corrected chi connectivity index (χ2v) is 5.71.